The van der Waals surface area contributed by atoms with E-state index in [0.717, 1.165) is 0 Å². The summed E-state index contributed by atoms with van der Waals surface area (Å²) in [6.07, 6.45) is 0. The van der Waals surface area contributed by atoms with Gasteiger partial charge in [0.2, 0.25) is 0 Å². The molecule has 1 aromatic heterocycles. The number of aromatic amines is 1. The SMILES string of the molecule is Nc1n[nH]nc1N.[Cu]. The maximum Gasteiger partial charge on any atom is 0.189 e. The number of aromatic nitrogens is 3. The first-order valence-corrected chi connectivity index (χ1v) is 1.72. The molecule has 0 aliphatic heterocycles. The van der Waals surface area contributed by atoms with E-state index in [1.54, 1.807) is 0 Å². The molecule has 0 spiro atoms. The monoisotopic (exact) mass is 162 g/mol. The number of anilines is 2. The summed E-state index contributed by atoms with van der Waals surface area (Å²) in [6.45, 7) is 0. The molecule has 0 unspecified atom stereocenters. The summed E-state index contributed by atoms with van der Waals surface area (Å²) < 4.78 is 0. The van der Waals surface area contributed by atoms with E-state index < -0.39 is 0 Å². The van der Waals surface area contributed by atoms with Gasteiger partial charge < -0.3 is 11.5 Å². The third kappa shape index (κ3) is 1.11. The van der Waals surface area contributed by atoms with Crippen molar-refractivity contribution in [3.8, 4) is 0 Å². The minimum absolute atomic E-state index is 0. The quantitative estimate of drug-likeness (QED) is 0.425. The molecule has 0 saturated heterocycles. The largest absolute Gasteiger partial charge is 0.379 e. The van der Waals surface area contributed by atoms with Crippen molar-refractivity contribution in [2.45, 2.75) is 0 Å². The van der Waals surface area contributed by atoms with Crippen molar-refractivity contribution >= 4 is 11.6 Å². The molecule has 0 bridgehead atoms. The minimum Gasteiger partial charge on any atom is -0.379 e. The van der Waals surface area contributed by atoms with E-state index in [4.69, 9.17) is 11.5 Å². The standard InChI is InChI=1S/C2H5N5.Cu/c3-1-2(4)6-7-5-1;/h(H5,3,4,5,6,7);. The molecule has 0 amide bonds. The van der Waals surface area contributed by atoms with Crippen LogP contribution in [0.25, 0.3) is 0 Å². The van der Waals surface area contributed by atoms with Gasteiger partial charge in [-0.3, -0.25) is 0 Å². The summed E-state index contributed by atoms with van der Waals surface area (Å²) in [4.78, 5) is 0. The Morgan fingerprint density at radius 2 is 1.50 bits per heavy atom. The zero-order valence-electron chi connectivity index (χ0n) is 3.85. The molecule has 49 valence electrons. The van der Waals surface area contributed by atoms with Gasteiger partial charge in [0.1, 0.15) is 0 Å². The van der Waals surface area contributed by atoms with E-state index >= 15 is 0 Å². The van der Waals surface area contributed by atoms with Crippen LogP contribution in [0.2, 0.25) is 0 Å². The second kappa shape index (κ2) is 2.54. The number of nitrogens with zero attached hydrogens (tertiary/aromatic N) is 2. The predicted octanol–water partition coefficient (Wildman–Crippen LogP) is -1.03. The number of nitrogen functional groups attached to an aromatic ring is 2. The van der Waals surface area contributed by atoms with Crippen molar-refractivity contribution in [1.29, 1.82) is 0 Å². The molecule has 5 nitrogen and oxygen atoms in total. The molecule has 0 atom stereocenters. The molecular formula is C2H5CuN5. The van der Waals surface area contributed by atoms with Gasteiger partial charge in [-0.25, -0.2) is 0 Å². The van der Waals surface area contributed by atoms with Gasteiger partial charge in [-0.05, 0) is 0 Å². The Morgan fingerprint density at radius 1 is 1.12 bits per heavy atom. The maximum atomic E-state index is 5.11. The average Bonchev–Trinajstić information content (AvgIpc) is 1.91. The van der Waals surface area contributed by atoms with Gasteiger partial charge in [0.25, 0.3) is 0 Å². The number of rotatable bonds is 0. The Balaban J connectivity index is 0.000000490. The summed E-state index contributed by atoms with van der Waals surface area (Å²) in [5.74, 6) is 0.500. The van der Waals surface area contributed by atoms with Crippen LogP contribution in [0.15, 0.2) is 0 Å². The van der Waals surface area contributed by atoms with E-state index in [1.165, 1.54) is 0 Å². The average molecular weight is 163 g/mol. The van der Waals surface area contributed by atoms with E-state index in [0.29, 0.717) is 0 Å². The first-order chi connectivity index (χ1) is 3.30. The van der Waals surface area contributed by atoms with Crippen LogP contribution in [-0.4, -0.2) is 15.4 Å². The number of H-pyrrole nitrogens is 1. The minimum atomic E-state index is 0. The third-order valence-corrected chi connectivity index (χ3v) is 0.603. The molecule has 0 aliphatic carbocycles. The molecular weight excluding hydrogens is 158 g/mol. The fourth-order valence-electron chi connectivity index (χ4n) is 0.247. The molecule has 0 aromatic carbocycles. The summed E-state index contributed by atoms with van der Waals surface area (Å²) in [7, 11) is 0. The van der Waals surface area contributed by atoms with Gasteiger partial charge in [0.05, 0.1) is 0 Å². The molecule has 5 N–H and O–H groups in total. The third-order valence-electron chi connectivity index (χ3n) is 0.603. The molecule has 1 aromatic rings. The van der Waals surface area contributed by atoms with Gasteiger partial charge in [-0.1, -0.05) is 0 Å². The van der Waals surface area contributed by atoms with Crippen molar-refractivity contribution in [3.63, 3.8) is 0 Å². The van der Waals surface area contributed by atoms with E-state index in [9.17, 15) is 0 Å². The second-order valence-corrected chi connectivity index (χ2v) is 1.09. The first-order valence-electron chi connectivity index (χ1n) is 1.72. The zero-order valence-corrected chi connectivity index (χ0v) is 4.79. The number of nitrogens with one attached hydrogen (secondary N) is 1. The summed E-state index contributed by atoms with van der Waals surface area (Å²) >= 11 is 0. The van der Waals surface area contributed by atoms with Gasteiger partial charge in [-0.15, -0.1) is 10.2 Å². The molecule has 6 heteroatoms. The molecule has 1 heterocycles. The van der Waals surface area contributed by atoms with Crippen molar-refractivity contribution < 1.29 is 17.1 Å². The zero-order chi connectivity index (χ0) is 5.28. The van der Waals surface area contributed by atoms with Crippen LogP contribution >= 0.6 is 0 Å². The van der Waals surface area contributed by atoms with Crippen LogP contribution in [0.1, 0.15) is 0 Å². The molecule has 0 aliphatic rings. The van der Waals surface area contributed by atoms with Crippen LogP contribution < -0.4 is 11.5 Å². The Kier molecular flexibility index (Phi) is 2.30. The molecule has 8 heavy (non-hydrogen) atoms. The van der Waals surface area contributed by atoms with E-state index in [-0.39, 0.29) is 28.7 Å². The Morgan fingerprint density at radius 3 is 1.62 bits per heavy atom. The molecule has 0 fully saturated rings. The fourth-order valence-corrected chi connectivity index (χ4v) is 0.247. The van der Waals surface area contributed by atoms with Crippen molar-refractivity contribution in [2.24, 2.45) is 0 Å². The van der Waals surface area contributed by atoms with E-state index in [1.807, 2.05) is 0 Å². The van der Waals surface area contributed by atoms with Crippen LogP contribution in [0.3, 0.4) is 0 Å². The summed E-state index contributed by atoms with van der Waals surface area (Å²) in [5.41, 5.74) is 10.2. The van der Waals surface area contributed by atoms with Gasteiger partial charge in [0, 0.05) is 17.1 Å². The first kappa shape index (κ1) is 7.26. The van der Waals surface area contributed by atoms with Gasteiger partial charge >= 0.3 is 0 Å². The summed E-state index contributed by atoms with van der Waals surface area (Å²) in [6, 6.07) is 0. The van der Waals surface area contributed by atoms with Crippen molar-refractivity contribution in [2.75, 3.05) is 11.5 Å². The van der Waals surface area contributed by atoms with Crippen LogP contribution in [0.4, 0.5) is 11.6 Å². The number of nitrogens with two attached hydrogens (primary N) is 2. The second-order valence-electron chi connectivity index (χ2n) is 1.09. The fraction of sp³-hybridized carbons (Fsp3) is 0. The molecule has 1 rings (SSSR count). The van der Waals surface area contributed by atoms with Crippen LogP contribution in [0.5, 0.6) is 0 Å². The van der Waals surface area contributed by atoms with Gasteiger partial charge in [-0.2, -0.15) is 5.21 Å². The Bertz CT molecular complexity index is 143. The molecule has 0 saturated carbocycles. The predicted molar refractivity (Wildman–Crippen MR) is 25.2 cm³/mol. The topological polar surface area (TPSA) is 93.6 Å². The molecule has 1 radical (unpaired) electrons. The number of hydrogen-bond acceptors (Lipinski definition) is 4. The van der Waals surface area contributed by atoms with Crippen molar-refractivity contribution in [1.82, 2.24) is 15.4 Å². The summed E-state index contributed by atoms with van der Waals surface area (Å²) in [5, 5.41) is 9.11. The van der Waals surface area contributed by atoms with Gasteiger partial charge in [0.15, 0.2) is 11.6 Å². The Labute approximate surface area is 56.3 Å². The normalized spacial score (nSPS) is 8.00. The maximum absolute atomic E-state index is 5.11. The number of hydrogen-bond donors (Lipinski definition) is 3. The van der Waals surface area contributed by atoms with Crippen LogP contribution in [-0.2, 0) is 17.1 Å². The van der Waals surface area contributed by atoms with E-state index in [2.05, 4.69) is 15.4 Å². The smallest absolute Gasteiger partial charge is 0.189 e. The van der Waals surface area contributed by atoms with Crippen LogP contribution in [0, 0.1) is 0 Å². The Hall–Kier alpha value is -0.741. The van der Waals surface area contributed by atoms with Crippen molar-refractivity contribution in [3.05, 3.63) is 0 Å².